The molecule has 1 aliphatic rings. The largest absolute Gasteiger partial charge is 0.273 e. The van der Waals surface area contributed by atoms with Crippen LogP contribution >= 0.6 is 15.9 Å². The molecule has 0 N–H and O–H groups in total. The number of rotatable bonds is 2. The monoisotopic (exact) mass is 262 g/mol. The minimum atomic E-state index is -1.39. The summed E-state index contributed by atoms with van der Waals surface area (Å²) in [7, 11) is 0. The summed E-state index contributed by atoms with van der Waals surface area (Å²) in [5.41, 5.74) is -1.64. The molecule has 0 aromatic carbocycles. The Morgan fingerprint density at radius 2 is 2.07 bits per heavy atom. The second kappa shape index (κ2) is 3.49. The van der Waals surface area contributed by atoms with Crippen LogP contribution in [0.5, 0.6) is 0 Å². The van der Waals surface area contributed by atoms with Crippen LogP contribution in [-0.2, 0) is 0 Å². The lowest BCUT2D eigenvalue weighted by atomic mass is 9.93. The molecule has 76 valence electrons. The van der Waals surface area contributed by atoms with Gasteiger partial charge in [0.05, 0.1) is 17.4 Å². The lowest BCUT2D eigenvalue weighted by Crippen LogP contribution is -2.35. The Balaban J connectivity index is 3.14. The zero-order valence-corrected chi connectivity index (χ0v) is 8.85. The lowest BCUT2D eigenvalue weighted by molar-refractivity contribution is -0.552. The molecule has 0 aromatic rings. The van der Waals surface area contributed by atoms with Crippen LogP contribution in [0.4, 0.5) is 0 Å². The first-order valence-corrected chi connectivity index (χ1v) is 4.52. The molecule has 14 heavy (non-hydrogen) atoms. The van der Waals surface area contributed by atoms with Crippen LogP contribution in [0.1, 0.15) is 13.3 Å². The van der Waals surface area contributed by atoms with Crippen LogP contribution in [0.2, 0.25) is 0 Å². The highest BCUT2D eigenvalue weighted by Gasteiger charge is 2.40. The summed E-state index contributed by atoms with van der Waals surface area (Å²) in [4.78, 5) is 20.0. The maximum absolute atomic E-state index is 10.7. The summed E-state index contributed by atoms with van der Waals surface area (Å²) in [6.07, 6.45) is 2.49. The molecule has 7 heteroatoms. The minimum Gasteiger partial charge on any atom is -0.264 e. The summed E-state index contributed by atoms with van der Waals surface area (Å²) >= 11 is 3.05. The molecular formula is C7H7BrN2O4. The topological polar surface area (TPSA) is 86.3 Å². The normalized spacial score (nSPS) is 26.4. The predicted octanol–water partition coefficient (Wildman–Crippen LogP) is 1.86. The number of nitrogens with zero attached hydrogens (tertiary/aromatic N) is 2. The molecule has 1 aliphatic carbocycles. The molecule has 0 heterocycles. The van der Waals surface area contributed by atoms with Gasteiger partial charge in [0.1, 0.15) is 0 Å². The fourth-order valence-corrected chi connectivity index (χ4v) is 1.99. The zero-order chi connectivity index (χ0) is 10.9. The lowest BCUT2D eigenvalue weighted by Gasteiger charge is -2.18. The van der Waals surface area contributed by atoms with Crippen molar-refractivity contribution in [2.24, 2.45) is 0 Å². The van der Waals surface area contributed by atoms with E-state index in [1.165, 1.54) is 13.0 Å². The highest BCUT2D eigenvalue weighted by molar-refractivity contribution is 9.11. The highest BCUT2D eigenvalue weighted by atomic mass is 79.9. The molecular weight excluding hydrogens is 256 g/mol. The Bertz CT molecular complexity index is 363. The molecule has 0 saturated carbocycles. The standard InChI is InChI=1S/C7H7BrN2O4/c1-7(10(13)14)3-5(8)2-6(4-7)9(11)12/h2,4H,3H2,1H3. The molecule has 0 radical (unpaired) electrons. The van der Waals surface area contributed by atoms with Crippen molar-refractivity contribution < 1.29 is 9.85 Å². The maximum Gasteiger partial charge on any atom is 0.273 e. The summed E-state index contributed by atoms with van der Waals surface area (Å²) in [6.45, 7) is 1.35. The van der Waals surface area contributed by atoms with Crippen molar-refractivity contribution in [1.82, 2.24) is 0 Å². The molecule has 0 amide bonds. The van der Waals surface area contributed by atoms with Crippen LogP contribution in [0.25, 0.3) is 0 Å². The summed E-state index contributed by atoms with van der Waals surface area (Å²) in [5, 5.41) is 21.1. The molecule has 0 fully saturated rings. The third kappa shape index (κ3) is 1.98. The average Bonchev–Trinajstić information content (AvgIpc) is 2.02. The Morgan fingerprint density at radius 3 is 2.50 bits per heavy atom. The van der Waals surface area contributed by atoms with Gasteiger partial charge in [0.2, 0.25) is 5.54 Å². The summed E-state index contributed by atoms with van der Waals surface area (Å²) in [6, 6.07) is 0. The second-order valence-corrected chi connectivity index (χ2v) is 4.23. The molecule has 0 spiro atoms. The number of halogens is 1. The van der Waals surface area contributed by atoms with Crippen LogP contribution in [0.3, 0.4) is 0 Å². The molecule has 1 atom stereocenters. The third-order valence-electron chi connectivity index (χ3n) is 1.92. The molecule has 6 nitrogen and oxygen atoms in total. The van der Waals surface area contributed by atoms with Crippen molar-refractivity contribution in [3.63, 3.8) is 0 Å². The minimum absolute atomic E-state index is 0.136. The Hall–Kier alpha value is -1.24. The van der Waals surface area contributed by atoms with Gasteiger partial charge in [-0.3, -0.25) is 20.2 Å². The predicted molar refractivity (Wildman–Crippen MR) is 52.1 cm³/mol. The highest BCUT2D eigenvalue weighted by Crippen LogP contribution is 2.31. The number of allylic oxidation sites excluding steroid dienone is 1. The smallest absolute Gasteiger partial charge is 0.264 e. The molecule has 0 bridgehead atoms. The first kappa shape index (κ1) is 10.8. The zero-order valence-electron chi connectivity index (χ0n) is 7.27. The van der Waals surface area contributed by atoms with Gasteiger partial charge in [0, 0.05) is 22.4 Å². The molecule has 0 saturated heterocycles. The van der Waals surface area contributed by atoms with Gasteiger partial charge < -0.3 is 0 Å². The fraction of sp³-hybridized carbons (Fsp3) is 0.429. The number of hydrogen-bond donors (Lipinski definition) is 0. The molecule has 0 aliphatic heterocycles. The number of nitro groups is 2. The first-order chi connectivity index (χ1) is 6.35. The van der Waals surface area contributed by atoms with E-state index >= 15 is 0 Å². The van der Waals surface area contributed by atoms with Crippen molar-refractivity contribution in [1.29, 1.82) is 0 Å². The summed E-state index contributed by atoms with van der Waals surface area (Å²) < 4.78 is 0.464. The van der Waals surface area contributed by atoms with Crippen LogP contribution in [0, 0.1) is 20.2 Å². The van der Waals surface area contributed by atoms with Crippen LogP contribution < -0.4 is 0 Å². The van der Waals surface area contributed by atoms with Gasteiger partial charge >= 0.3 is 0 Å². The van der Waals surface area contributed by atoms with E-state index in [1.54, 1.807) is 0 Å². The van der Waals surface area contributed by atoms with E-state index in [-0.39, 0.29) is 12.1 Å². The SMILES string of the molecule is CC1([N+](=O)[O-])C=C([N+](=O)[O-])C=C(Br)C1. The van der Waals surface area contributed by atoms with E-state index in [1.807, 2.05) is 0 Å². The third-order valence-corrected chi connectivity index (χ3v) is 2.43. The van der Waals surface area contributed by atoms with E-state index in [4.69, 9.17) is 0 Å². The Kier molecular flexibility index (Phi) is 2.70. The second-order valence-electron chi connectivity index (χ2n) is 3.21. The van der Waals surface area contributed by atoms with E-state index < -0.39 is 15.4 Å². The van der Waals surface area contributed by atoms with Gasteiger partial charge in [-0.25, -0.2) is 0 Å². The van der Waals surface area contributed by atoms with Crippen LogP contribution in [-0.4, -0.2) is 15.4 Å². The van der Waals surface area contributed by atoms with Gasteiger partial charge in [0.25, 0.3) is 5.70 Å². The van der Waals surface area contributed by atoms with E-state index in [0.717, 1.165) is 6.08 Å². The summed E-state index contributed by atoms with van der Waals surface area (Å²) in [5.74, 6) is 0. The van der Waals surface area contributed by atoms with Crippen molar-refractivity contribution in [2.75, 3.05) is 0 Å². The van der Waals surface area contributed by atoms with Crippen molar-refractivity contribution >= 4 is 15.9 Å². The van der Waals surface area contributed by atoms with Gasteiger partial charge in [0.15, 0.2) is 0 Å². The van der Waals surface area contributed by atoms with Crippen molar-refractivity contribution in [3.8, 4) is 0 Å². The van der Waals surface area contributed by atoms with E-state index in [2.05, 4.69) is 15.9 Å². The van der Waals surface area contributed by atoms with Gasteiger partial charge in [-0.05, 0) is 0 Å². The van der Waals surface area contributed by atoms with Crippen LogP contribution in [0.15, 0.2) is 22.3 Å². The van der Waals surface area contributed by atoms with E-state index in [9.17, 15) is 20.2 Å². The molecule has 1 unspecified atom stereocenters. The number of hydrogen-bond acceptors (Lipinski definition) is 4. The van der Waals surface area contributed by atoms with Gasteiger partial charge in [-0.15, -0.1) is 0 Å². The quantitative estimate of drug-likeness (QED) is 0.562. The van der Waals surface area contributed by atoms with Crippen molar-refractivity contribution in [2.45, 2.75) is 18.9 Å². The fourth-order valence-electron chi connectivity index (χ4n) is 1.19. The molecule has 1 rings (SSSR count). The average molecular weight is 263 g/mol. The Labute approximate surface area is 87.7 Å². The van der Waals surface area contributed by atoms with E-state index in [0.29, 0.717) is 4.48 Å². The molecule has 0 aromatic heterocycles. The Morgan fingerprint density at radius 1 is 1.50 bits per heavy atom. The van der Waals surface area contributed by atoms with Gasteiger partial charge in [-0.1, -0.05) is 15.9 Å². The van der Waals surface area contributed by atoms with Crippen molar-refractivity contribution in [3.05, 3.63) is 42.6 Å². The van der Waals surface area contributed by atoms with Gasteiger partial charge in [-0.2, -0.15) is 0 Å². The maximum atomic E-state index is 10.7. The first-order valence-electron chi connectivity index (χ1n) is 3.73.